The standard InChI is InChI=1S/C15H18N2O/c1-11-4-5-12(10-16-2)8-14(11)13-6-7-17-15(9-13)18-3/h4-9,16H,10H2,1-3H3. The number of nitrogens with one attached hydrogen (secondary N) is 1. The number of pyridine rings is 1. The molecule has 1 aromatic heterocycles. The van der Waals surface area contributed by atoms with E-state index in [1.807, 2.05) is 19.2 Å². The summed E-state index contributed by atoms with van der Waals surface area (Å²) in [6.45, 7) is 2.99. The topological polar surface area (TPSA) is 34.2 Å². The van der Waals surface area contributed by atoms with Gasteiger partial charge in [-0.15, -0.1) is 0 Å². The second kappa shape index (κ2) is 5.65. The maximum Gasteiger partial charge on any atom is 0.213 e. The van der Waals surface area contributed by atoms with Gasteiger partial charge in [-0.25, -0.2) is 4.98 Å². The Balaban J connectivity index is 2.44. The minimum absolute atomic E-state index is 0.644. The van der Waals surface area contributed by atoms with E-state index < -0.39 is 0 Å². The van der Waals surface area contributed by atoms with Gasteiger partial charge in [0.05, 0.1) is 7.11 Å². The third kappa shape index (κ3) is 2.68. The van der Waals surface area contributed by atoms with Crippen LogP contribution < -0.4 is 10.1 Å². The van der Waals surface area contributed by atoms with E-state index in [1.165, 1.54) is 16.7 Å². The van der Waals surface area contributed by atoms with Crippen LogP contribution in [0.25, 0.3) is 11.1 Å². The van der Waals surface area contributed by atoms with Gasteiger partial charge in [0.25, 0.3) is 0 Å². The average molecular weight is 242 g/mol. The van der Waals surface area contributed by atoms with Crippen molar-refractivity contribution in [1.29, 1.82) is 0 Å². The lowest BCUT2D eigenvalue weighted by Gasteiger charge is -2.10. The molecule has 1 heterocycles. The van der Waals surface area contributed by atoms with Crippen LogP contribution in [0.2, 0.25) is 0 Å². The molecule has 0 saturated carbocycles. The molecule has 1 aromatic carbocycles. The Bertz CT molecular complexity index is 538. The summed E-state index contributed by atoms with van der Waals surface area (Å²) in [5, 5.41) is 3.17. The van der Waals surface area contributed by atoms with Crippen molar-refractivity contribution < 1.29 is 4.74 Å². The number of aromatic nitrogens is 1. The fraction of sp³-hybridized carbons (Fsp3) is 0.267. The summed E-state index contributed by atoms with van der Waals surface area (Å²) >= 11 is 0. The van der Waals surface area contributed by atoms with E-state index in [0.29, 0.717) is 5.88 Å². The van der Waals surface area contributed by atoms with E-state index in [9.17, 15) is 0 Å². The first-order valence-corrected chi connectivity index (χ1v) is 5.99. The number of ether oxygens (including phenoxy) is 1. The van der Waals surface area contributed by atoms with Gasteiger partial charge < -0.3 is 10.1 Å². The summed E-state index contributed by atoms with van der Waals surface area (Å²) in [6, 6.07) is 10.5. The van der Waals surface area contributed by atoms with Gasteiger partial charge in [0.2, 0.25) is 5.88 Å². The summed E-state index contributed by atoms with van der Waals surface area (Å²) in [7, 11) is 3.59. The third-order valence-corrected chi connectivity index (χ3v) is 2.94. The van der Waals surface area contributed by atoms with Crippen molar-refractivity contribution in [3.05, 3.63) is 47.7 Å². The van der Waals surface area contributed by atoms with Gasteiger partial charge >= 0.3 is 0 Å². The number of nitrogens with zero attached hydrogens (tertiary/aromatic N) is 1. The van der Waals surface area contributed by atoms with Crippen molar-refractivity contribution in [1.82, 2.24) is 10.3 Å². The average Bonchev–Trinajstić information content (AvgIpc) is 2.41. The van der Waals surface area contributed by atoms with Gasteiger partial charge in [-0.05, 0) is 48.4 Å². The van der Waals surface area contributed by atoms with E-state index in [2.05, 4.69) is 35.4 Å². The number of hydrogen-bond donors (Lipinski definition) is 1. The Hall–Kier alpha value is -1.87. The molecule has 2 aromatic rings. The normalized spacial score (nSPS) is 10.4. The molecule has 0 bridgehead atoms. The monoisotopic (exact) mass is 242 g/mol. The van der Waals surface area contributed by atoms with E-state index >= 15 is 0 Å². The van der Waals surface area contributed by atoms with Crippen LogP contribution in [0.5, 0.6) is 5.88 Å². The van der Waals surface area contributed by atoms with Crippen LogP contribution in [0, 0.1) is 6.92 Å². The zero-order valence-electron chi connectivity index (χ0n) is 11.0. The van der Waals surface area contributed by atoms with Crippen LogP contribution in [-0.4, -0.2) is 19.1 Å². The SMILES string of the molecule is CNCc1ccc(C)c(-c2ccnc(OC)c2)c1. The molecule has 2 rings (SSSR count). The Morgan fingerprint density at radius 3 is 2.78 bits per heavy atom. The van der Waals surface area contributed by atoms with Crippen LogP contribution in [0.15, 0.2) is 36.5 Å². The molecule has 1 N–H and O–H groups in total. The number of aryl methyl sites for hydroxylation is 1. The molecule has 3 nitrogen and oxygen atoms in total. The maximum atomic E-state index is 5.17. The largest absolute Gasteiger partial charge is 0.481 e. The van der Waals surface area contributed by atoms with Gasteiger partial charge in [0.1, 0.15) is 0 Å². The van der Waals surface area contributed by atoms with Gasteiger partial charge in [0, 0.05) is 18.8 Å². The second-order valence-corrected chi connectivity index (χ2v) is 4.27. The second-order valence-electron chi connectivity index (χ2n) is 4.27. The molecular formula is C15H18N2O. The smallest absolute Gasteiger partial charge is 0.213 e. The zero-order chi connectivity index (χ0) is 13.0. The molecule has 0 unspecified atom stereocenters. The summed E-state index contributed by atoms with van der Waals surface area (Å²) in [6.07, 6.45) is 1.78. The molecular weight excluding hydrogens is 224 g/mol. The highest BCUT2D eigenvalue weighted by Crippen LogP contribution is 2.26. The van der Waals surface area contributed by atoms with E-state index in [0.717, 1.165) is 12.1 Å². The lowest BCUT2D eigenvalue weighted by molar-refractivity contribution is 0.398. The predicted octanol–water partition coefficient (Wildman–Crippen LogP) is 2.79. The van der Waals surface area contributed by atoms with Crippen molar-refractivity contribution in [3.8, 4) is 17.0 Å². The van der Waals surface area contributed by atoms with Crippen molar-refractivity contribution >= 4 is 0 Å². The van der Waals surface area contributed by atoms with Crippen LogP contribution in [-0.2, 0) is 6.54 Å². The van der Waals surface area contributed by atoms with Crippen LogP contribution in [0.3, 0.4) is 0 Å². The number of rotatable bonds is 4. The molecule has 0 amide bonds. The number of benzene rings is 1. The van der Waals surface area contributed by atoms with Crippen molar-refractivity contribution in [2.24, 2.45) is 0 Å². The molecule has 0 radical (unpaired) electrons. The Morgan fingerprint density at radius 1 is 1.22 bits per heavy atom. The summed E-state index contributed by atoms with van der Waals surface area (Å²) in [5.41, 5.74) is 4.89. The molecule has 0 atom stereocenters. The quantitative estimate of drug-likeness (QED) is 0.895. The lowest BCUT2D eigenvalue weighted by Crippen LogP contribution is -2.05. The van der Waals surface area contributed by atoms with Crippen molar-refractivity contribution in [3.63, 3.8) is 0 Å². The van der Waals surface area contributed by atoms with Gasteiger partial charge in [0.15, 0.2) is 0 Å². The van der Waals surface area contributed by atoms with E-state index in [4.69, 9.17) is 4.74 Å². The van der Waals surface area contributed by atoms with Crippen LogP contribution in [0.1, 0.15) is 11.1 Å². The van der Waals surface area contributed by atoms with Crippen molar-refractivity contribution in [2.45, 2.75) is 13.5 Å². The minimum atomic E-state index is 0.644. The molecule has 94 valence electrons. The first kappa shape index (κ1) is 12.6. The highest BCUT2D eigenvalue weighted by molar-refractivity contribution is 5.68. The van der Waals surface area contributed by atoms with Crippen LogP contribution >= 0.6 is 0 Å². The highest BCUT2D eigenvalue weighted by Gasteiger charge is 2.05. The minimum Gasteiger partial charge on any atom is -0.481 e. The molecule has 18 heavy (non-hydrogen) atoms. The molecule has 0 aliphatic heterocycles. The Kier molecular flexibility index (Phi) is 3.95. The van der Waals surface area contributed by atoms with Crippen LogP contribution in [0.4, 0.5) is 0 Å². The summed E-state index contributed by atoms with van der Waals surface area (Å²) in [5.74, 6) is 0.644. The predicted molar refractivity (Wildman–Crippen MR) is 73.7 cm³/mol. The van der Waals surface area contributed by atoms with E-state index in [-0.39, 0.29) is 0 Å². The Labute approximate surface area is 108 Å². The highest BCUT2D eigenvalue weighted by atomic mass is 16.5. The maximum absolute atomic E-state index is 5.17. The van der Waals surface area contributed by atoms with Crippen molar-refractivity contribution in [2.75, 3.05) is 14.2 Å². The zero-order valence-corrected chi connectivity index (χ0v) is 11.0. The molecule has 3 heteroatoms. The molecule has 0 aliphatic rings. The van der Waals surface area contributed by atoms with Gasteiger partial charge in [-0.1, -0.05) is 12.1 Å². The molecule has 0 fully saturated rings. The lowest BCUT2D eigenvalue weighted by atomic mass is 9.99. The fourth-order valence-corrected chi connectivity index (χ4v) is 1.98. The molecule has 0 spiro atoms. The summed E-state index contributed by atoms with van der Waals surface area (Å²) in [4.78, 5) is 4.14. The van der Waals surface area contributed by atoms with Gasteiger partial charge in [-0.2, -0.15) is 0 Å². The first-order chi connectivity index (χ1) is 8.74. The number of hydrogen-bond acceptors (Lipinski definition) is 3. The first-order valence-electron chi connectivity index (χ1n) is 5.99. The van der Waals surface area contributed by atoms with Gasteiger partial charge in [-0.3, -0.25) is 0 Å². The third-order valence-electron chi connectivity index (χ3n) is 2.94. The number of methoxy groups -OCH3 is 1. The Morgan fingerprint density at radius 2 is 2.06 bits per heavy atom. The molecule has 0 saturated heterocycles. The summed E-state index contributed by atoms with van der Waals surface area (Å²) < 4.78 is 5.17. The fourth-order valence-electron chi connectivity index (χ4n) is 1.98. The molecule has 0 aliphatic carbocycles. The van der Waals surface area contributed by atoms with E-state index in [1.54, 1.807) is 13.3 Å².